The van der Waals surface area contributed by atoms with Crippen LogP contribution in [0.2, 0.25) is 0 Å². The largest absolute Gasteiger partial charge is 0.497 e. The summed E-state index contributed by atoms with van der Waals surface area (Å²) in [6, 6.07) is 21.5. The van der Waals surface area contributed by atoms with Gasteiger partial charge in [-0.3, -0.25) is 4.79 Å². The van der Waals surface area contributed by atoms with Gasteiger partial charge in [-0.1, -0.05) is 47.2 Å². The monoisotopic (exact) mass is 483 g/mol. The van der Waals surface area contributed by atoms with E-state index in [1.165, 1.54) is 17.3 Å². The van der Waals surface area contributed by atoms with Gasteiger partial charge in [0.05, 0.1) is 18.4 Å². The van der Waals surface area contributed by atoms with Gasteiger partial charge >= 0.3 is 0 Å². The maximum Gasteiger partial charge on any atom is 0.234 e. The van der Waals surface area contributed by atoms with Crippen LogP contribution in [-0.2, 0) is 11.2 Å². The molecule has 1 amide bonds. The summed E-state index contributed by atoms with van der Waals surface area (Å²) >= 11 is 1.39. The predicted molar refractivity (Wildman–Crippen MR) is 139 cm³/mol. The molecule has 0 saturated carbocycles. The van der Waals surface area contributed by atoms with E-state index in [0.29, 0.717) is 18.1 Å². The number of carbonyl (C=O) groups is 1. The van der Waals surface area contributed by atoms with Gasteiger partial charge < -0.3 is 14.8 Å². The number of rotatable bonds is 6. The van der Waals surface area contributed by atoms with Gasteiger partial charge in [0.2, 0.25) is 11.8 Å². The van der Waals surface area contributed by atoms with Gasteiger partial charge in [0.1, 0.15) is 16.5 Å². The fourth-order valence-electron chi connectivity index (χ4n) is 3.88. The van der Waals surface area contributed by atoms with E-state index in [0.717, 1.165) is 44.5 Å². The normalized spacial score (nSPS) is 11.7. The topological polar surface area (TPSA) is 73.3 Å². The molecule has 0 saturated heterocycles. The molecule has 0 spiro atoms. The molecule has 5 rings (SSSR count). The minimum atomic E-state index is -0.0924. The number of aryl methyl sites for hydroxylation is 2. The number of thioether (sulfide) groups is 1. The molecule has 1 N–H and O–H groups in total. The molecular formula is C28H25N3O3S. The van der Waals surface area contributed by atoms with Gasteiger partial charge in [-0.25, -0.2) is 4.98 Å². The molecule has 4 aromatic rings. The van der Waals surface area contributed by atoms with Gasteiger partial charge in [-0.2, -0.15) is 4.98 Å². The Balaban J connectivity index is 1.44. The second-order valence-electron chi connectivity index (χ2n) is 8.46. The SMILES string of the molecule is COc1ccc(-c2nc3c(c(SCC(=O)Nc4ccc(C)cc4)n2)Cc2cc(C)ccc2O3)cc1. The van der Waals surface area contributed by atoms with Crippen LogP contribution in [-0.4, -0.2) is 28.7 Å². The fourth-order valence-corrected chi connectivity index (χ4v) is 4.70. The van der Waals surface area contributed by atoms with Gasteiger partial charge in [-0.05, 0) is 61.9 Å². The van der Waals surface area contributed by atoms with Gasteiger partial charge in [0, 0.05) is 17.7 Å². The molecule has 0 fully saturated rings. The summed E-state index contributed by atoms with van der Waals surface area (Å²) in [6.07, 6.45) is 0.650. The van der Waals surface area contributed by atoms with Crippen molar-refractivity contribution in [3.05, 3.63) is 89.0 Å². The summed E-state index contributed by atoms with van der Waals surface area (Å²) in [6.45, 7) is 4.08. The molecule has 1 aliphatic heterocycles. The summed E-state index contributed by atoms with van der Waals surface area (Å²) < 4.78 is 11.5. The third-order valence-corrected chi connectivity index (χ3v) is 6.76. The van der Waals surface area contributed by atoms with Gasteiger partial charge in [-0.15, -0.1) is 0 Å². The van der Waals surface area contributed by atoms with E-state index < -0.39 is 0 Å². The Morgan fingerprint density at radius 2 is 1.74 bits per heavy atom. The molecule has 176 valence electrons. The Bertz CT molecular complexity index is 1390. The Morgan fingerprint density at radius 1 is 1.00 bits per heavy atom. The maximum absolute atomic E-state index is 12.7. The third kappa shape index (κ3) is 5.15. The Morgan fingerprint density at radius 3 is 2.49 bits per heavy atom. The van der Waals surface area contributed by atoms with Gasteiger partial charge in [0.15, 0.2) is 5.82 Å². The van der Waals surface area contributed by atoms with Crippen molar-refractivity contribution in [2.75, 3.05) is 18.2 Å². The zero-order valence-electron chi connectivity index (χ0n) is 19.8. The molecule has 1 aromatic heterocycles. The second-order valence-corrected chi connectivity index (χ2v) is 9.42. The number of benzene rings is 3. The molecule has 0 aliphatic carbocycles. The Labute approximate surface area is 208 Å². The summed E-state index contributed by atoms with van der Waals surface area (Å²) in [7, 11) is 1.63. The Kier molecular flexibility index (Phi) is 6.42. The number of anilines is 1. The van der Waals surface area contributed by atoms with Crippen molar-refractivity contribution < 1.29 is 14.3 Å². The first kappa shape index (κ1) is 22.9. The van der Waals surface area contributed by atoms with E-state index >= 15 is 0 Å². The number of aromatic nitrogens is 2. The number of fused-ring (bicyclic) bond motifs is 2. The number of ether oxygens (including phenoxy) is 2. The molecule has 0 bridgehead atoms. The van der Waals surface area contributed by atoms with Crippen molar-refractivity contribution in [2.24, 2.45) is 0 Å². The highest BCUT2D eigenvalue weighted by Crippen LogP contribution is 2.40. The summed E-state index contributed by atoms with van der Waals surface area (Å²) in [5.74, 6) is 2.77. The zero-order valence-corrected chi connectivity index (χ0v) is 20.6. The zero-order chi connectivity index (χ0) is 24.4. The maximum atomic E-state index is 12.7. The minimum absolute atomic E-state index is 0.0924. The van der Waals surface area contributed by atoms with Crippen LogP contribution in [0.4, 0.5) is 5.69 Å². The molecule has 1 aliphatic rings. The molecule has 0 atom stereocenters. The van der Waals surface area contributed by atoms with Crippen molar-refractivity contribution in [1.82, 2.24) is 9.97 Å². The van der Waals surface area contributed by atoms with Crippen molar-refractivity contribution in [3.8, 4) is 28.8 Å². The van der Waals surface area contributed by atoms with Crippen LogP contribution in [0.3, 0.4) is 0 Å². The molecule has 6 nitrogen and oxygen atoms in total. The second kappa shape index (κ2) is 9.80. The van der Waals surface area contributed by atoms with E-state index in [2.05, 4.69) is 18.3 Å². The van der Waals surface area contributed by atoms with Crippen LogP contribution in [0.5, 0.6) is 17.4 Å². The number of amides is 1. The predicted octanol–water partition coefficient (Wildman–Crippen LogP) is 6.20. The number of carbonyl (C=O) groups excluding carboxylic acids is 1. The first-order valence-corrected chi connectivity index (χ1v) is 12.3. The molecule has 0 radical (unpaired) electrons. The molecule has 3 aromatic carbocycles. The van der Waals surface area contributed by atoms with Crippen LogP contribution in [0.1, 0.15) is 22.3 Å². The Hall–Kier alpha value is -3.84. The average molecular weight is 484 g/mol. The molecule has 2 heterocycles. The quantitative estimate of drug-likeness (QED) is 0.229. The smallest absolute Gasteiger partial charge is 0.234 e. The summed E-state index contributed by atoms with van der Waals surface area (Å²) in [5.41, 5.74) is 5.91. The van der Waals surface area contributed by atoms with Crippen molar-refractivity contribution in [2.45, 2.75) is 25.3 Å². The summed E-state index contributed by atoms with van der Waals surface area (Å²) in [4.78, 5) is 22.3. The van der Waals surface area contributed by atoms with Crippen molar-refractivity contribution >= 4 is 23.4 Å². The van der Waals surface area contributed by atoms with E-state index in [-0.39, 0.29) is 11.7 Å². The lowest BCUT2D eigenvalue weighted by Crippen LogP contribution is -2.15. The highest BCUT2D eigenvalue weighted by Gasteiger charge is 2.25. The number of methoxy groups -OCH3 is 1. The molecular weight excluding hydrogens is 458 g/mol. The van der Waals surface area contributed by atoms with E-state index in [1.807, 2.05) is 67.6 Å². The number of hydrogen-bond donors (Lipinski definition) is 1. The molecule has 0 unspecified atom stereocenters. The fraction of sp³-hybridized carbons (Fsp3) is 0.179. The molecule has 7 heteroatoms. The highest BCUT2D eigenvalue weighted by atomic mass is 32.2. The summed E-state index contributed by atoms with van der Waals surface area (Å²) in [5, 5.41) is 3.70. The van der Waals surface area contributed by atoms with E-state index in [4.69, 9.17) is 19.4 Å². The minimum Gasteiger partial charge on any atom is -0.497 e. The van der Waals surface area contributed by atoms with Crippen molar-refractivity contribution in [1.29, 1.82) is 0 Å². The number of nitrogens with zero attached hydrogens (tertiary/aromatic N) is 2. The van der Waals surface area contributed by atoms with Crippen LogP contribution < -0.4 is 14.8 Å². The van der Waals surface area contributed by atoms with E-state index in [1.54, 1.807) is 7.11 Å². The third-order valence-electron chi connectivity index (χ3n) is 5.74. The number of hydrogen-bond acceptors (Lipinski definition) is 6. The first-order valence-electron chi connectivity index (χ1n) is 11.3. The number of nitrogens with one attached hydrogen (secondary N) is 1. The van der Waals surface area contributed by atoms with Gasteiger partial charge in [0.25, 0.3) is 0 Å². The lowest BCUT2D eigenvalue weighted by atomic mass is 10.0. The lowest BCUT2D eigenvalue weighted by molar-refractivity contribution is -0.113. The lowest BCUT2D eigenvalue weighted by Gasteiger charge is -2.22. The average Bonchev–Trinajstić information content (AvgIpc) is 2.87. The van der Waals surface area contributed by atoms with Crippen LogP contribution in [0.15, 0.2) is 71.8 Å². The highest BCUT2D eigenvalue weighted by molar-refractivity contribution is 8.00. The standard InChI is InChI=1S/C28H25N3O3S/c1-17-4-9-21(10-5-17)29-25(32)16-35-28-23-15-20-14-18(2)6-13-24(20)34-27(23)30-26(31-28)19-7-11-22(33-3)12-8-19/h4-14H,15-16H2,1-3H3,(H,29,32). The van der Waals surface area contributed by atoms with Crippen LogP contribution in [0.25, 0.3) is 11.4 Å². The van der Waals surface area contributed by atoms with Crippen LogP contribution >= 0.6 is 11.8 Å². The van der Waals surface area contributed by atoms with Crippen molar-refractivity contribution in [3.63, 3.8) is 0 Å². The first-order chi connectivity index (χ1) is 17.0. The molecule has 35 heavy (non-hydrogen) atoms. The van der Waals surface area contributed by atoms with Crippen LogP contribution in [0, 0.1) is 13.8 Å². The van der Waals surface area contributed by atoms with E-state index in [9.17, 15) is 4.79 Å².